The van der Waals surface area contributed by atoms with Gasteiger partial charge in [-0.15, -0.1) is 0 Å². The Kier molecular flexibility index (Phi) is 4.04. The number of imidazole rings is 1. The summed E-state index contributed by atoms with van der Waals surface area (Å²) in [5.74, 6) is 1.52. The predicted octanol–water partition coefficient (Wildman–Crippen LogP) is 0.318. The van der Waals surface area contributed by atoms with E-state index in [-0.39, 0.29) is 18.0 Å². The fourth-order valence-corrected chi connectivity index (χ4v) is 3.26. The van der Waals surface area contributed by atoms with Crippen molar-refractivity contribution in [1.82, 2.24) is 24.7 Å². The average molecular weight is 305 g/mol. The van der Waals surface area contributed by atoms with E-state index in [1.807, 2.05) is 12.4 Å². The van der Waals surface area contributed by atoms with Crippen LogP contribution in [0.3, 0.4) is 0 Å². The third-order valence-corrected chi connectivity index (χ3v) is 4.66. The molecule has 1 saturated heterocycles. The maximum atomic E-state index is 12.2. The van der Waals surface area contributed by atoms with Gasteiger partial charge in [0.2, 0.25) is 5.91 Å². The summed E-state index contributed by atoms with van der Waals surface area (Å²) in [6, 6.07) is -0.534. The maximum absolute atomic E-state index is 12.2. The van der Waals surface area contributed by atoms with Crippen molar-refractivity contribution < 1.29 is 9.59 Å². The van der Waals surface area contributed by atoms with Crippen molar-refractivity contribution in [3.8, 4) is 0 Å². The van der Waals surface area contributed by atoms with Crippen LogP contribution in [-0.4, -0.2) is 64.5 Å². The molecule has 0 aromatic carbocycles. The Morgan fingerprint density at radius 3 is 3.00 bits per heavy atom. The third-order valence-electron chi connectivity index (χ3n) is 4.66. The van der Waals surface area contributed by atoms with E-state index in [2.05, 4.69) is 14.9 Å². The maximum Gasteiger partial charge on any atom is 0.317 e. The molecule has 0 bridgehead atoms. The lowest BCUT2D eigenvalue weighted by atomic mass is 9.97. The molecule has 7 heteroatoms. The summed E-state index contributed by atoms with van der Waals surface area (Å²) in [5, 5.41) is 2.84. The molecule has 3 amide bonds. The minimum Gasteiger partial charge on any atom is -0.344 e. The molecule has 1 fully saturated rings. The second kappa shape index (κ2) is 5.98. The van der Waals surface area contributed by atoms with Crippen molar-refractivity contribution >= 4 is 11.9 Å². The van der Waals surface area contributed by atoms with Crippen molar-refractivity contribution in [1.29, 1.82) is 0 Å². The summed E-state index contributed by atoms with van der Waals surface area (Å²) in [6.07, 6.45) is 6.47. The molecule has 2 aliphatic heterocycles. The lowest BCUT2D eigenvalue weighted by Gasteiger charge is -2.28. The summed E-state index contributed by atoms with van der Waals surface area (Å²) < 4.78 is 2.17. The number of amides is 3. The summed E-state index contributed by atoms with van der Waals surface area (Å²) >= 11 is 0. The number of hydrogen-bond acceptors (Lipinski definition) is 3. The van der Waals surface area contributed by atoms with Crippen molar-refractivity contribution in [2.24, 2.45) is 5.92 Å². The van der Waals surface area contributed by atoms with Gasteiger partial charge < -0.3 is 19.7 Å². The normalized spacial score (nSPS) is 24.3. The van der Waals surface area contributed by atoms with Crippen molar-refractivity contribution in [2.45, 2.75) is 31.8 Å². The summed E-state index contributed by atoms with van der Waals surface area (Å²) in [7, 11) is 3.56. The SMILES string of the molecule is CN(C[C@@H]1CCn2ccnc2C1)C(=O)N[C@@H]1CCN(C)C1=O. The highest BCUT2D eigenvalue weighted by Crippen LogP contribution is 2.20. The molecule has 3 rings (SSSR count). The van der Waals surface area contributed by atoms with Crippen LogP contribution in [0.15, 0.2) is 12.4 Å². The van der Waals surface area contributed by atoms with E-state index >= 15 is 0 Å². The van der Waals surface area contributed by atoms with Gasteiger partial charge in [-0.1, -0.05) is 0 Å². The highest BCUT2D eigenvalue weighted by Gasteiger charge is 2.31. The minimum atomic E-state index is -0.370. The van der Waals surface area contributed by atoms with Gasteiger partial charge in [0.1, 0.15) is 11.9 Å². The first-order valence-electron chi connectivity index (χ1n) is 7.81. The van der Waals surface area contributed by atoms with Crippen LogP contribution in [0.5, 0.6) is 0 Å². The Balaban J connectivity index is 1.51. The Bertz CT molecular complexity index is 570. The lowest BCUT2D eigenvalue weighted by molar-refractivity contribution is -0.128. The van der Waals surface area contributed by atoms with Crippen LogP contribution in [-0.2, 0) is 17.8 Å². The molecule has 0 saturated carbocycles. The van der Waals surface area contributed by atoms with Crippen LogP contribution >= 0.6 is 0 Å². The van der Waals surface area contributed by atoms with E-state index in [1.165, 1.54) is 0 Å². The molecule has 0 spiro atoms. The third kappa shape index (κ3) is 2.93. The van der Waals surface area contributed by atoms with Crippen molar-refractivity contribution in [2.75, 3.05) is 27.2 Å². The number of carbonyl (C=O) groups excluding carboxylic acids is 2. The quantitative estimate of drug-likeness (QED) is 0.874. The highest BCUT2D eigenvalue weighted by molar-refractivity contribution is 5.88. The second-order valence-electron chi connectivity index (χ2n) is 6.33. The molecule has 1 aromatic heterocycles. The van der Waals surface area contributed by atoms with Gasteiger partial charge in [-0.05, 0) is 18.8 Å². The smallest absolute Gasteiger partial charge is 0.317 e. The second-order valence-corrected chi connectivity index (χ2v) is 6.33. The standard InChI is InChI=1S/C15H23N5O2/c1-18-6-4-12(14(18)21)17-15(22)19(2)10-11-3-7-20-8-5-16-13(20)9-11/h5,8,11-12H,3-4,6-7,9-10H2,1-2H3,(H,17,22)/t11-,12-/m1/s1. The number of aryl methyl sites for hydroxylation is 1. The van der Waals surface area contributed by atoms with E-state index in [1.54, 1.807) is 23.9 Å². The molecule has 0 aliphatic carbocycles. The van der Waals surface area contributed by atoms with Gasteiger partial charge in [-0.3, -0.25) is 4.79 Å². The van der Waals surface area contributed by atoms with Gasteiger partial charge in [-0.2, -0.15) is 0 Å². The Morgan fingerprint density at radius 1 is 1.45 bits per heavy atom. The van der Waals surface area contributed by atoms with E-state index < -0.39 is 0 Å². The first-order valence-corrected chi connectivity index (χ1v) is 7.81. The molecule has 1 N–H and O–H groups in total. The number of hydrogen-bond donors (Lipinski definition) is 1. The molecule has 22 heavy (non-hydrogen) atoms. The Labute approximate surface area is 130 Å². The first kappa shape index (κ1) is 14.9. The summed E-state index contributed by atoms with van der Waals surface area (Å²) in [6.45, 7) is 2.36. The van der Waals surface area contributed by atoms with Crippen molar-refractivity contribution in [3.05, 3.63) is 18.2 Å². The zero-order valence-corrected chi connectivity index (χ0v) is 13.2. The molecule has 7 nitrogen and oxygen atoms in total. The lowest BCUT2D eigenvalue weighted by Crippen LogP contribution is -2.47. The molecule has 120 valence electrons. The average Bonchev–Trinajstić information content (AvgIpc) is 3.08. The van der Waals surface area contributed by atoms with Gasteiger partial charge in [0, 0.05) is 52.5 Å². The van der Waals surface area contributed by atoms with Crippen LogP contribution in [0.1, 0.15) is 18.7 Å². The molecular weight excluding hydrogens is 282 g/mol. The van der Waals surface area contributed by atoms with Gasteiger partial charge >= 0.3 is 6.03 Å². The van der Waals surface area contributed by atoms with Crippen LogP contribution in [0.4, 0.5) is 4.79 Å². The Hall–Kier alpha value is -2.05. The first-order chi connectivity index (χ1) is 10.5. The van der Waals surface area contributed by atoms with Gasteiger partial charge in [-0.25, -0.2) is 9.78 Å². The Morgan fingerprint density at radius 2 is 2.27 bits per heavy atom. The molecule has 1 aromatic rings. The molecule has 0 unspecified atom stereocenters. The number of rotatable bonds is 3. The number of aromatic nitrogens is 2. The number of nitrogens with zero attached hydrogens (tertiary/aromatic N) is 4. The van der Waals surface area contributed by atoms with E-state index in [0.717, 1.165) is 25.2 Å². The van der Waals surface area contributed by atoms with Crippen molar-refractivity contribution in [3.63, 3.8) is 0 Å². The number of fused-ring (bicyclic) bond motifs is 1. The van der Waals surface area contributed by atoms with E-state index in [9.17, 15) is 9.59 Å². The number of nitrogens with one attached hydrogen (secondary N) is 1. The topological polar surface area (TPSA) is 70.5 Å². The van der Waals surface area contributed by atoms with Gasteiger partial charge in [0.15, 0.2) is 0 Å². The summed E-state index contributed by atoms with van der Waals surface area (Å²) in [5.41, 5.74) is 0. The number of urea groups is 1. The van der Waals surface area contributed by atoms with Crippen LogP contribution in [0.25, 0.3) is 0 Å². The minimum absolute atomic E-state index is 0.00134. The molecule has 2 aliphatic rings. The summed E-state index contributed by atoms with van der Waals surface area (Å²) in [4.78, 5) is 31.8. The fraction of sp³-hybridized carbons (Fsp3) is 0.667. The van der Waals surface area contributed by atoms with Gasteiger partial charge in [0.25, 0.3) is 0 Å². The predicted molar refractivity (Wildman–Crippen MR) is 81.2 cm³/mol. The molecule has 2 atom stereocenters. The van der Waals surface area contributed by atoms with E-state index in [0.29, 0.717) is 25.4 Å². The van der Waals surface area contributed by atoms with Gasteiger partial charge in [0.05, 0.1) is 0 Å². The molecule has 0 radical (unpaired) electrons. The van der Waals surface area contributed by atoms with Crippen LogP contribution in [0.2, 0.25) is 0 Å². The molecule has 3 heterocycles. The number of likely N-dealkylation sites (N-methyl/N-ethyl adjacent to an activating group) is 1. The fourth-order valence-electron chi connectivity index (χ4n) is 3.26. The van der Waals surface area contributed by atoms with Crippen LogP contribution in [0, 0.1) is 5.92 Å². The van der Waals surface area contributed by atoms with E-state index in [4.69, 9.17) is 0 Å². The monoisotopic (exact) mass is 305 g/mol. The number of carbonyl (C=O) groups is 2. The number of likely N-dealkylation sites (tertiary alicyclic amines) is 1. The zero-order chi connectivity index (χ0) is 15.7. The highest BCUT2D eigenvalue weighted by atomic mass is 16.2. The largest absolute Gasteiger partial charge is 0.344 e. The molecular formula is C15H23N5O2. The van der Waals surface area contributed by atoms with Crippen LogP contribution < -0.4 is 5.32 Å². The zero-order valence-electron chi connectivity index (χ0n) is 13.2.